The quantitative estimate of drug-likeness (QED) is 0.901. The van der Waals surface area contributed by atoms with Gasteiger partial charge in [0.05, 0.1) is 12.0 Å². The summed E-state index contributed by atoms with van der Waals surface area (Å²) in [5, 5.41) is 3.04. The van der Waals surface area contributed by atoms with E-state index >= 15 is 0 Å². The van der Waals surface area contributed by atoms with Crippen molar-refractivity contribution in [1.82, 2.24) is 5.32 Å². The molecule has 0 spiro atoms. The van der Waals surface area contributed by atoms with E-state index in [-0.39, 0.29) is 24.4 Å². The molecule has 108 valence electrons. The first kappa shape index (κ1) is 13.6. The van der Waals surface area contributed by atoms with Crippen LogP contribution in [0.2, 0.25) is 0 Å². The van der Waals surface area contributed by atoms with E-state index < -0.39 is 0 Å². The Hall–Kier alpha value is -2.33. The number of amides is 1. The van der Waals surface area contributed by atoms with Gasteiger partial charge in [-0.15, -0.1) is 0 Å². The maximum Gasteiger partial charge on any atom is 0.229 e. The van der Waals surface area contributed by atoms with E-state index in [0.717, 1.165) is 16.9 Å². The Kier molecular flexibility index (Phi) is 3.88. The Morgan fingerprint density at radius 3 is 2.67 bits per heavy atom. The molecular formula is C17H18N2O2. The average molecular weight is 282 g/mol. The molecule has 2 atom stereocenters. The van der Waals surface area contributed by atoms with Gasteiger partial charge in [0, 0.05) is 12.1 Å². The van der Waals surface area contributed by atoms with Crippen molar-refractivity contribution in [1.29, 1.82) is 0 Å². The van der Waals surface area contributed by atoms with E-state index in [4.69, 9.17) is 10.5 Å². The van der Waals surface area contributed by atoms with Gasteiger partial charge in [-0.05, 0) is 11.6 Å². The highest BCUT2D eigenvalue weighted by atomic mass is 16.5. The summed E-state index contributed by atoms with van der Waals surface area (Å²) in [7, 11) is 0. The van der Waals surface area contributed by atoms with Crippen LogP contribution in [0.5, 0.6) is 5.75 Å². The summed E-state index contributed by atoms with van der Waals surface area (Å²) in [6.45, 7) is 0.752. The summed E-state index contributed by atoms with van der Waals surface area (Å²) in [5.41, 5.74) is 7.74. The Balaban J connectivity index is 1.75. The topological polar surface area (TPSA) is 64.4 Å². The van der Waals surface area contributed by atoms with Gasteiger partial charge in [0.2, 0.25) is 5.91 Å². The average Bonchev–Trinajstić information content (AvgIpc) is 2.92. The highest BCUT2D eigenvalue weighted by Gasteiger charge is 2.28. The second-order valence-corrected chi connectivity index (χ2v) is 5.11. The van der Waals surface area contributed by atoms with E-state index in [9.17, 15) is 4.79 Å². The van der Waals surface area contributed by atoms with E-state index in [1.54, 1.807) is 0 Å². The molecule has 2 unspecified atom stereocenters. The highest BCUT2D eigenvalue weighted by molar-refractivity contribution is 5.84. The third-order valence-corrected chi connectivity index (χ3v) is 3.77. The largest absolute Gasteiger partial charge is 0.491 e. The maximum absolute atomic E-state index is 12.5. The van der Waals surface area contributed by atoms with E-state index in [1.165, 1.54) is 0 Å². The van der Waals surface area contributed by atoms with E-state index in [1.807, 2.05) is 54.6 Å². The predicted octanol–water partition coefficient (Wildman–Crippen LogP) is 1.98. The summed E-state index contributed by atoms with van der Waals surface area (Å²) in [5.74, 6) is 0.444. The van der Waals surface area contributed by atoms with Crippen LogP contribution in [-0.2, 0) is 4.79 Å². The number of para-hydroxylation sites is 1. The Bertz CT molecular complexity index is 628. The molecule has 3 rings (SSSR count). The Labute approximate surface area is 123 Å². The number of carbonyl (C=O) groups excluding carboxylic acids is 1. The predicted molar refractivity (Wildman–Crippen MR) is 81.1 cm³/mol. The summed E-state index contributed by atoms with van der Waals surface area (Å²) < 4.78 is 5.59. The molecule has 1 aliphatic heterocycles. The lowest BCUT2D eigenvalue weighted by Gasteiger charge is -2.18. The lowest BCUT2D eigenvalue weighted by atomic mass is 9.97. The van der Waals surface area contributed by atoms with Gasteiger partial charge in [-0.1, -0.05) is 48.5 Å². The van der Waals surface area contributed by atoms with Crippen molar-refractivity contribution < 1.29 is 9.53 Å². The number of fused-ring (bicyclic) bond motifs is 1. The van der Waals surface area contributed by atoms with Crippen molar-refractivity contribution >= 4 is 5.91 Å². The monoisotopic (exact) mass is 282 g/mol. The smallest absolute Gasteiger partial charge is 0.229 e. The zero-order valence-electron chi connectivity index (χ0n) is 11.7. The van der Waals surface area contributed by atoms with E-state index in [2.05, 4.69) is 5.32 Å². The van der Waals surface area contributed by atoms with Crippen molar-refractivity contribution in [3.63, 3.8) is 0 Å². The second kappa shape index (κ2) is 5.97. The molecule has 4 heteroatoms. The fraction of sp³-hybridized carbons (Fsp3) is 0.235. The van der Waals surface area contributed by atoms with Crippen LogP contribution in [-0.4, -0.2) is 19.1 Å². The van der Waals surface area contributed by atoms with Crippen LogP contribution >= 0.6 is 0 Å². The fourth-order valence-corrected chi connectivity index (χ4v) is 2.63. The molecule has 0 fully saturated rings. The third kappa shape index (κ3) is 2.76. The third-order valence-electron chi connectivity index (χ3n) is 3.77. The normalized spacial score (nSPS) is 17.7. The zero-order chi connectivity index (χ0) is 14.7. The van der Waals surface area contributed by atoms with Gasteiger partial charge in [0.25, 0.3) is 0 Å². The molecule has 0 aliphatic carbocycles. The number of nitrogens with two attached hydrogens (primary N) is 1. The van der Waals surface area contributed by atoms with Gasteiger partial charge in [-0.3, -0.25) is 4.79 Å². The molecule has 0 aromatic heterocycles. The molecule has 1 aliphatic rings. The van der Waals surface area contributed by atoms with Crippen LogP contribution in [0.25, 0.3) is 0 Å². The molecule has 3 N–H and O–H groups in total. The van der Waals surface area contributed by atoms with E-state index in [0.29, 0.717) is 6.61 Å². The minimum Gasteiger partial charge on any atom is -0.491 e. The number of nitrogens with one attached hydrogen (secondary N) is 1. The van der Waals surface area contributed by atoms with Gasteiger partial charge in [0.15, 0.2) is 0 Å². The number of hydrogen-bond donors (Lipinski definition) is 2. The molecule has 0 bridgehead atoms. The second-order valence-electron chi connectivity index (χ2n) is 5.11. The standard InChI is InChI=1S/C17H18N2O2/c18-10-14(12-6-2-1-3-7-12)17(20)19-15-11-21-16-9-5-4-8-13(15)16/h1-9,14-15H,10-11,18H2,(H,19,20). The molecular weight excluding hydrogens is 264 g/mol. The van der Waals surface area contributed by atoms with Crippen molar-refractivity contribution in [3.05, 3.63) is 65.7 Å². The lowest BCUT2D eigenvalue weighted by molar-refractivity contribution is -0.123. The molecule has 0 saturated heterocycles. The van der Waals surface area contributed by atoms with Crippen LogP contribution in [0.4, 0.5) is 0 Å². The molecule has 0 saturated carbocycles. The van der Waals surface area contributed by atoms with Crippen LogP contribution in [0.1, 0.15) is 23.1 Å². The van der Waals surface area contributed by atoms with Crippen molar-refractivity contribution in [2.45, 2.75) is 12.0 Å². The first-order valence-corrected chi connectivity index (χ1v) is 7.06. The summed E-state index contributed by atoms with van der Waals surface area (Å²) in [6, 6.07) is 17.3. The van der Waals surface area contributed by atoms with Crippen molar-refractivity contribution in [2.24, 2.45) is 5.73 Å². The molecule has 1 amide bonds. The number of rotatable bonds is 4. The number of carbonyl (C=O) groups is 1. The highest BCUT2D eigenvalue weighted by Crippen LogP contribution is 2.32. The molecule has 2 aromatic rings. The Morgan fingerprint density at radius 1 is 1.19 bits per heavy atom. The van der Waals surface area contributed by atoms with Gasteiger partial charge < -0.3 is 15.8 Å². The van der Waals surface area contributed by atoms with Crippen LogP contribution in [0.3, 0.4) is 0 Å². The van der Waals surface area contributed by atoms with Gasteiger partial charge in [0.1, 0.15) is 12.4 Å². The van der Waals surface area contributed by atoms with Crippen molar-refractivity contribution in [2.75, 3.05) is 13.2 Å². The summed E-state index contributed by atoms with van der Waals surface area (Å²) in [4.78, 5) is 12.5. The fourth-order valence-electron chi connectivity index (χ4n) is 2.63. The summed E-state index contributed by atoms with van der Waals surface area (Å²) in [6.07, 6.45) is 0. The van der Waals surface area contributed by atoms with Gasteiger partial charge >= 0.3 is 0 Å². The first-order chi connectivity index (χ1) is 10.3. The number of hydrogen-bond acceptors (Lipinski definition) is 3. The van der Waals surface area contributed by atoms with Crippen molar-refractivity contribution in [3.8, 4) is 5.75 Å². The van der Waals surface area contributed by atoms with Crippen LogP contribution in [0.15, 0.2) is 54.6 Å². The SMILES string of the molecule is NCC(C(=O)NC1COc2ccccc21)c1ccccc1. The first-order valence-electron chi connectivity index (χ1n) is 7.06. The molecule has 1 heterocycles. The molecule has 0 radical (unpaired) electrons. The summed E-state index contributed by atoms with van der Waals surface area (Å²) >= 11 is 0. The zero-order valence-corrected chi connectivity index (χ0v) is 11.7. The van der Waals surface area contributed by atoms with Gasteiger partial charge in [-0.2, -0.15) is 0 Å². The minimum absolute atomic E-state index is 0.0611. The Morgan fingerprint density at radius 2 is 1.90 bits per heavy atom. The van der Waals surface area contributed by atoms with Crippen LogP contribution < -0.4 is 15.8 Å². The number of ether oxygens (including phenoxy) is 1. The molecule has 2 aromatic carbocycles. The molecule has 21 heavy (non-hydrogen) atoms. The van der Waals surface area contributed by atoms with Crippen LogP contribution in [0, 0.1) is 0 Å². The van der Waals surface area contributed by atoms with Gasteiger partial charge in [-0.25, -0.2) is 0 Å². The lowest BCUT2D eigenvalue weighted by Crippen LogP contribution is -2.36. The number of benzene rings is 2. The minimum atomic E-state index is -0.334. The molecule has 4 nitrogen and oxygen atoms in total. The maximum atomic E-state index is 12.5.